The molecule has 0 saturated carbocycles. The summed E-state index contributed by atoms with van der Waals surface area (Å²) in [5.74, 6) is -1.16. The van der Waals surface area contributed by atoms with E-state index < -0.39 is 22.0 Å². The highest BCUT2D eigenvalue weighted by Gasteiger charge is 2.25. The maximum atomic E-state index is 12.3. The normalized spacial score (nSPS) is 13.4. The van der Waals surface area contributed by atoms with Gasteiger partial charge in [0.1, 0.15) is 6.04 Å². The maximum Gasteiger partial charge on any atom is 0.321 e. The molecule has 0 aliphatic carbocycles. The van der Waals surface area contributed by atoms with E-state index in [9.17, 15) is 13.2 Å². The van der Waals surface area contributed by atoms with Gasteiger partial charge in [-0.3, -0.25) is 4.79 Å². The van der Waals surface area contributed by atoms with Gasteiger partial charge >= 0.3 is 5.97 Å². The van der Waals surface area contributed by atoms with Gasteiger partial charge in [0, 0.05) is 0 Å². The molecular weight excluding hydrogens is 312 g/mol. The Morgan fingerprint density at radius 3 is 2.90 bits per heavy atom. The molecule has 1 aromatic heterocycles. The molecule has 2 N–H and O–H groups in total. The zero-order chi connectivity index (χ0) is 15.5. The van der Waals surface area contributed by atoms with Gasteiger partial charge in [-0.25, -0.2) is 13.4 Å². The largest absolute Gasteiger partial charge is 0.480 e. The zero-order valence-electron chi connectivity index (χ0n) is 11.4. The average Bonchev–Trinajstić information content (AvgIpc) is 2.90. The summed E-state index contributed by atoms with van der Waals surface area (Å²) in [6, 6.07) is 3.45. The Kier molecular flexibility index (Phi) is 4.92. The van der Waals surface area contributed by atoms with Gasteiger partial charge in [0.15, 0.2) is 0 Å². The molecule has 21 heavy (non-hydrogen) atoms. The number of carboxylic acid groups (broad SMARTS) is 1. The fraction of sp³-hybridized carbons (Fsp3) is 0.385. The van der Waals surface area contributed by atoms with Crippen molar-refractivity contribution in [2.45, 2.75) is 37.1 Å². The van der Waals surface area contributed by atoms with Crippen LogP contribution in [0.3, 0.4) is 0 Å². The number of rotatable bonds is 7. The lowest BCUT2D eigenvalue weighted by Crippen LogP contribution is -2.40. The second-order valence-corrected chi connectivity index (χ2v) is 7.24. The van der Waals surface area contributed by atoms with Crippen molar-refractivity contribution in [1.82, 2.24) is 9.71 Å². The fourth-order valence-corrected chi connectivity index (χ4v) is 3.94. The van der Waals surface area contributed by atoms with E-state index in [2.05, 4.69) is 9.71 Å². The number of nitrogens with one attached hydrogen (secondary N) is 1. The zero-order valence-corrected chi connectivity index (χ0v) is 13.1. The van der Waals surface area contributed by atoms with Crippen molar-refractivity contribution < 1.29 is 18.3 Å². The summed E-state index contributed by atoms with van der Waals surface area (Å²) in [5.41, 5.74) is 2.36. The van der Waals surface area contributed by atoms with E-state index in [-0.39, 0.29) is 11.3 Å². The van der Waals surface area contributed by atoms with Gasteiger partial charge in [-0.2, -0.15) is 4.72 Å². The lowest BCUT2D eigenvalue weighted by atomic mass is 10.1. The maximum absolute atomic E-state index is 12.3. The van der Waals surface area contributed by atoms with Gasteiger partial charge in [-0.1, -0.05) is 19.8 Å². The van der Waals surface area contributed by atoms with E-state index in [0.29, 0.717) is 6.42 Å². The third kappa shape index (κ3) is 3.78. The number of hydrogen-bond acceptors (Lipinski definition) is 5. The standard InChI is InChI=1S/C13H16N2O4S2/c1-2-3-4-11(13(16)17)15-21(18,19)9-5-6-10-12(7-9)20-8-14-10/h5-8,11,15H,2-4H2,1H3,(H,16,17). The lowest BCUT2D eigenvalue weighted by Gasteiger charge is -2.14. The fourth-order valence-electron chi connectivity index (χ4n) is 1.90. The minimum atomic E-state index is -3.86. The van der Waals surface area contributed by atoms with Crippen molar-refractivity contribution in [3.8, 4) is 0 Å². The van der Waals surface area contributed by atoms with Crippen LogP contribution in [0.25, 0.3) is 10.2 Å². The lowest BCUT2D eigenvalue weighted by molar-refractivity contribution is -0.139. The molecular formula is C13H16N2O4S2. The van der Waals surface area contributed by atoms with Gasteiger partial charge < -0.3 is 5.11 Å². The first-order valence-electron chi connectivity index (χ1n) is 6.52. The van der Waals surface area contributed by atoms with Crippen molar-refractivity contribution in [3.63, 3.8) is 0 Å². The number of carbonyl (C=O) groups is 1. The number of aliphatic carboxylic acids is 1. The molecule has 0 aliphatic rings. The summed E-state index contributed by atoms with van der Waals surface area (Å²) in [7, 11) is -3.86. The molecule has 0 amide bonds. The van der Waals surface area contributed by atoms with Crippen LogP contribution in [0.2, 0.25) is 0 Å². The number of sulfonamides is 1. The van der Waals surface area contributed by atoms with Crippen LogP contribution in [-0.2, 0) is 14.8 Å². The SMILES string of the molecule is CCCCC(NS(=O)(=O)c1ccc2ncsc2c1)C(=O)O. The summed E-state index contributed by atoms with van der Waals surface area (Å²) in [6.45, 7) is 1.92. The monoisotopic (exact) mass is 328 g/mol. The van der Waals surface area contributed by atoms with Crippen molar-refractivity contribution >= 4 is 37.5 Å². The molecule has 8 heteroatoms. The smallest absolute Gasteiger partial charge is 0.321 e. The Morgan fingerprint density at radius 1 is 1.48 bits per heavy atom. The number of unbranched alkanes of at least 4 members (excludes halogenated alkanes) is 1. The number of aromatic nitrogens is 1. The molecule has 1 atom stereocenters. The number of carboxylic acids is 1. The minimum absolute atomic E-state index is 0.0574. The Bertz CT molecular complexity index is 739. The van der Waals surface area contributed by atoms with Gasteiger partial charge in [0.05, 0.1) is 20.6 Å². The van der Waals surface area contributed by atoms with Crippen LogP contribution in [0.5, 0.6) is 0 Å². The molecule has 2 rings (SSSR count). The van der Waals surface area contributed by atoms with Crippen molar-refractivity contribution in [1.29, 1.82) is 0 Å². The molecule has 0 fully saturated rings. The minimum Gasteiger partial charge on any atom is -0.480 e. The Hall–Kier alpha value is -1.51. The number of nitrogens with zero attached hydrogens (tertiary/aromatic N) is 1. The number of fused-ring (bicyclic) bond motifs is 1. The predicted molar refractivity (Wildman–Crippen MR) is 80.9 cm³/mol. The molecule has 114 valence electrons. The van der Waals surface area contributed by atoms with E-state index in [1.807, 2.05) is 6.92 Å². The van der Waals surface area contributed by atoms with Crippen molar-refractivity contribution in [2.75, 3.05) is 0 Å². The molecule has 6 nitrogen and oxygen atoms in total. The first-order valence-corrected chi connectivity index (χ1v) is 8.88. The first kappa shape index (κ1) is 15.9. The third-order valence-corrected chi connectivity index (χ3v) is 5.32. The molecule has 1 unspecified atom stereocenters. The number of thiazole rings is 1. The second-order valence-electron chi connectivity index (χ2n) is 4.64. The number of hydrogen-bond donors (Lipinski definition) is 2. The van der Waals surface area contributed by atoms with Crippen LogP contribution in [0.15, 0.2) is 28.6 Å². The van der Waals surface area contributed by atoms with Crippen LogP contribution in [0, 0.1) is 0 Å². The van der Waals surface area contributed by atoms with E-state index in [4.69, 9.17) is 5.11 Å². The average molecular weight is 328 g/mol. The summed E-state index contributed by atoms with van der Waals surface area (Å²) >= 11 is 1.34. The van der Waals surface area contributed by atoms with E-state index >= 15 is 0 Å². The number of benzene rings is 1. The van der Waals surface area contributed by atoms with Gasteiger partial charge in [-0.15, -0.1) is 11.3 Å². The Balaban J connectivity index is 2.25. The molecule has 2 aromatic rings. The summed E-state index contributed by atoms with van der Waals surface area (Å²) in [4.78, 5) is 15.3. The highest BCUT2D eigenvalue weighted by molar-refractivity contribution is 7.89. The predicted octanol–water partition coefficient (Wildman–Crippen LogP) is 2.22. The quantitative estimate of drug-likeness (QED) is 0.812. The van der Waals surface area contributed by atoms with Crippen molar-refractivity contribution in [2.24, 2.45) is 0 Å². The summed E-state index contributed by atoms with van der Waals surface area (Å²) in [6.07, 6.45) is 1.72. The van der Waals surface area contributed by atoms with E-state index in [1.165, 1.54) is 23.5 Å². The second kappa shape index (κ2) is 6.50. The third-order valence-electron chi connectivity index (χ3n) is 3.05. The van der Waals surface area contributed by atoms with Crippen LogP contribution >= 0.6 is 11.3 Å². The molecule has 1 heterocycles. The molecule has 0 aliphatic heterocycles. The van der Waals surface area contributed by atoms with Crippen LogP contribution < -0.4 is 4.72 Å². The van der Waals surface area contributed by atoms with Gasteiger partial charge in [-0.05, 0) is 24.6 Å². The highest BCUT2D eigenvalue weighted by atomic mass is 32.2. The Labute approximate surface area is 126 Å². The van der Waals surface area contributed by atoms with Crippen LogP contribution in [0.4, 0.5) is 0 Å². The molecule has 0 bridgehead atoms. The van der Waals surface area contributed by atoms with E-state index in [0.717, 1.165) is 16.6 Å². The molecule has 1 aromatic carbocycles. The van der Waals surface area contributed by atoms with E-state index in [1.54, 1.807) is 11.6 Å². The molecule has 0 radical (unpaired) electrons. The van der Waals surface area contributed by atoms with Crippen LogP contribution in [-0.4, -0.2) is 30.5 Å². The molecule has 0 saturated heterocycles. The van der Waals surface area contributed by atoms with Crippen molar-refractivity contribution in [3.05, 3.63) is 23.7 Å². The summed E-state index contributed by atoms with van der Waals surface area (Å²) < 4.78 is 27.6. The van der Waals surface area contributed by atoms with Gasteiger partial charge in [0.25, 0.3) is 0 Å². The van der Waals surface area contributed by atoms with Crippen LogP contribution in [0.1, 0.15) is 26.2 Å². The Morgan fingerprint density at radius 2 is 2.24 bits per heavy atom. The first-order chi connectivity index (χ1) is 9.94. The highest BCUT2D eigenvalue weighted by Crippen LogP contribution is 2.22. The topological polar surface area (TPSA) is 96.4 Å². The van der Waals surface area contributed by atoms with Gasteiger partial charge in [0.2, 0.25) is 10.0 Å². The summed E-state index contributed by atoms with van der Waals surface area (Å²) in [5, 5.41) is 9.11. The molecule has 0 spiro atoms.